The highest BCUT2D eigenvalue weighted by Crippen LogP contribution is 2.14. The van der Waals surface area contributed by atoms with Gasteiger partial charge < -0.3 is 15.4 Å². The molecule has 7 nitrogen and oxygen atoms in total. The molecule has 29 heavy (non-hydrogen) atoms. The van der Waals surface area contributed by atoms with Gasteiger partial charge in [-0.3, -0.25) is 9.59 Å². The largest absolute Gasteiger partial charge is 0.454 e. The molecule has 2 rings (SSSR count). The molecule has 2 aromatic rings. The molecule has 0 saturated heterocycles. The van der Waals surface area contributed by atoms with E-state index in [1.54, 1.807) is 63.2 Å². The van der Waals surface area contributed by atoms with E-state index < -0.39 is 24.5 Å². The summed E-state index contributed by atoms with van der Waals surface area (Å²) in [7, 11) is 0. The Morgan fingerprint density at radius 1 is 1.07 bits per heavy atom. The van der Waals surface area contributed by atoms with E-state index in [9.17, 15) is 14.4 Å². The molecule has 2 N–H and O–H groups in total. The Morgan fingerprint density at radius 3 is 2.38 bits per heavy atom. The number of benzene rings is 2. The highest BCUT2D eigenvalue weighted by atomic mass is 16.5. The second-order valence-electron chi connectivity index (χ2n) is 6.82. The van der Waals surface area contributed by atoms with E-state index in [1.165, 1.54) is 0 Å². The second kappa shape index (κ2) is 10.0. The summed E-state index contributed by atoms with van der Waals surface area (Å²) in [6.45, 7) is 4.82. The number of esters is 1. The molecular formula is C22H23N3O4. The molecule has 0 aliphatic heterocycles. The first-order valence-corrected chi connectivity index (χ1v) is 9.15. The molecule has 0 saturated carbocycles. The number of anilines is 1. The van der Waals surface area contributed by atoms with E-state index in [2.05, 4.69) is 10.6 Å². The zero-order chi connectivity index (χ0) is 21.4. The molecule has 0 radical (unpaired) electrons. The van der Waals surface area contributed by atoms with Crippen molar-refractivity contribution >= 4 is 23.5 Å². The fourth-order valence-corrected chi connectivity index (χ4v) is 2.65. The van der Waals surface area contributed by atoms with Crippen molar-refractivity contribution in [1.29, 1.82) is 5.26 Å². The maximum absolute atomic E-state index is 12.5. The Hall–Kier alpha value is -3.66. The van der Waals surface area contributed by atoms with E-state index >= 15 is 0 Å². The molecule has 150 valence electrons. The third-order valence-electron chi connectivity index (χ3n) is 4.26. The van der Waals surface area contributed by atoms with Crippen molar-refractivity contribution in [2.75, 3.05) is 11.9 Å². The van der Waals surface area contributed by atoms with Crippen molar-refractivity contribution in [3.05, 3.63) is 65.2 Å². The first kappa shape index (κ1) is 21.6. The molecule has 0 spiro atoms. The van der Waals surface area contributed by atoms with Crippen LogP contribution in [0.25, 0.3) is 0 Å². The molecule has 2 aromatic carbocycles. The Balaban J connectivity index is 1.97. The van der Waals surface area contributed by atoms with Gasteiger partial charge in [-0.25, -0.2) is 4.79 Å². The van der Waals surface area contributed by atoms with Gasteiger partial charge in [0.2, 0.25) is 0 Å². The summed E-state index contributed by atoms with van der Waals surface area (Å²) in [4.78, 5) is 37.0. The molecule has 7 heteroatoms. The summed E-state index contributed by atoms with van der Waals surface area (Å²) >= 11 is 0. The summed E-state index contributed by atoms with van der Waals surface area (Å²) in [6, 6.07) is 14.6. The van der Waals surface area contributed by atoms with Crippen LogP contribution in [0.4, 0.5) is 5.69 Å². The van der Waals surface area contributed by atoms with Crippen LogP contribution in [0.15, 0.2) is 48.5 Å². The lowest BCUT2D eigenvalue weighted by Crippen LogP contribution is -2.46. The number of carbonyl (C=O) groups excluding carboxylic acids is 3. The van der Waals surface area contributed by atoms with Gasteiger partial charge in [0.25, 0.3) is 11.8 Å². The van der Waals surface area contributed by atoms with Crippen LogP contribution >= 0.6 is 0 Å². The Labute approximate surface area is 169 Å². The van der Waals surface area contributed by atoms with Crippen molar-refractivity contribution in [3.63, 3.8) is 0 Å². The van der Waals surface area contributed by atoms with Crippen LogP contribution in [0.2, 0.25) is 0 Å². The number of nitrogens with zero attached hydrogens (tertiary/aromatic N) is 1. The van der Waals surface area contributed by atoms with Gasteiger partial charge in [0.15, 0.2) is 6.61 Å². The number of hydrogen-bond acceptors (Lipinski definition) is 5. The van der Waals surface area contributed by atoms with Crippen molar-refractivity contribution in [1.82, 2.24) is 5.32 Å². The Bertz CT molecular complexity index is 947. The van der Waals surface area contributed by atoms with Gasteiger partial charge in [-0.2, -0.15) is 5.26 Å². The van der Waals surface area contributed by atoms with Crippen molar-refractivity contribution < 1.29 is 19.1 Å². The zero-order valence-electron chi connectivity index (χ0n) is 16.6. The predicted octanol–water partition coefficient (Wildman–Crippen LogP) is 2.80. The lowest BCUT2D eigenvalue weighted by Gasteiger charge is -2.21. The van der Waals surface area contributed by atoms with Crippen LogP contribution in [-0.2, 0) is 14.3 Å². The normalized spacial score (nSPS) is 11.3. The predicted molar refractivity (Wildman–Crippen MR) is 108 cm³/mol. The number of amides is 2. The lowest BCUT2D eigenvalue weighted by molar-refractivity contribution is -0.150. The molecular weight excluding hydrogens is 370 g/mol. The minimum absolute atomic E-state index is 0.238. The highest BCUT2D eigenvalue weighted by Gasteiger charge is 2.27. The SMILES string of the molecule is Cc1ccccc1C(=O)N[C@H](C(=O)OCC(=O)Nc1ccccc1C#N)C(C)C. The number of nitrogens with one attached hydrogen (secondary N) is 2. The number of hydrogen-bond donors (Lipinski definition) is 2. The summed E-state index contributed by atoms with van der Waals surface area (Å²) < 4.78 is 5.09. The van der Waals surface area contributed by atoms with Gasteiger partial charge in [-0.05, 0) is 36.6 Å². The molecule has 0 fully saturated rings. The summed E-state index contributed by atoms with van der Waals surface area (Å²) in [5.74, 6) is -1.90. The first-order valence-electron chi connectivity index (χ1n) is 9.15. The summed E-state index contributed by atoms with van der Waals surface area (Å²) in [5.41, 5.74) is 1.90. The van der Waals surface area contributed by atoms with Gasteiger partial charge in [-0.15, -0.1) is 0 Å². The average molecular weight is 393 g/mol. The average Bonchev–Trinajstić information content (AvgIpc) is 2.70. The van der Waals surface area contributed by atoms with Crippen LogP contribution in [-0.4, -0.2) is 30.4 Å². The topological polar surface area (TPSA) is 108 Å². The first-order chi connectivity index (χ1) is 13.8. The van der Waals surface area contributed by atoms with E-state index in [4.69, 9.17) is 10.00 Å². The maximum atomic E-state index is 12.5. The summed E-state index contributed by atoms with van der Waals surface area (Å²) in [5, 5.41) is 14.3. The number of rotatable bonds is 7. The van der Waals surface area contributed by atoms with Crippen LogP contribution in [0.3, 0.4) is 0 Å². The Morgan fingerprint density at radius 2 is 1.72 bits per heavy atom. The molecule has 1 atom stereocenters. The number of ether oxygens (including phenoxy) is 1. The number of para-hydroxylation sites is 1. The number of aryl methyl sites for hydroxylation is 1. The minimum Gasteiger partial charge on any atom is -0.454 e. The standard InChI is InChI=1S/C22H23N3O4/c1-14(2)20(25-21(27)17-10-6-4-8-15(17)3)22(28)29-13-19(26)24-18-11-7-5-9-16(18)12-23/h4-11,14,20H,13H2,1-3H3,(H,24,26)(H,25,27)/t20-/m0/s1. The van der Waals surface area contributed by atoms with Crippen LogP contribution in [0.5, 0.6) is 0 Å². The van der Waals surface area contributed by atoms with Crippen molar-refractivity contribution in [2.24, 2.45) is 5.92 Å². The van der Waals surface area contributed by atoms with Gasteiger partial charge in [0.05, 0.1) is 11.3 Å². The lowest BCUT2D eigenvalue weighted by atomic mass is 10.0. The molecule has 0 unspecified atom stereocenters. The molecule has 0 aliphatic carbocycles. The van der Waals surface area contributed by atoms with Gasteiger partial charge in [0, 0.05) is 5.56 Å². The molecule has 0 heterocycles. The summed E-state index contributed by atoms with van der Waals surface area (Å²) in [6.07, 6.45) is 0. The van der Waals surface area contributed by atoms with Gasteiger partial charge in [-0.1, -0.05) is 44.2 Å². The van der Waals surface area contributed by atoms with Crippen LogP contribution in [0.1, 0.15) is 35.3 Å². The molecule has 0 bridgehead atoms. The van der Waals surface area contributed by atoms with Crippen molar-refractivity contribution in [3.8, 4) is 6.07 Å². The molecule has 2 amide bonds. The fraction of sp³-hybridized carbons (Fsp3) is 0.273. The van der Waals surface area contributed by atoms with Crippen molar-refractivity contribution in [2.45, 2.75) is 26.8 Å². The molecule has 0 aliphatic rings. The number of carbonyl (C=O) groups is 3. The Kier molecular flexibility index (Phi) is 7.49. The van der Waals surface area contributed by atoms with E-state index in [0.717, 1.165) is 5.56 Å². The third-order valence-corrected chi connectivity index (χ3v) is 4.26. The maximum Gasteiger partial charge on any atom is 0.329 e. The smallest absolute Gasteiger partial charge is 0.329 e. The second-order valence-corrected chi connectivity index (χ2v) is 6.82. The minimum atomic E-state index is -0.902. The fourth-order valence-electron chi connectivity index (χ4n) is 2.65. The van der Waals surface area contributed by atoms with Gasteiger partial charge >= 0.3 is 5.97 Å². The quantitative estimate of drug-likeness (QED) is 0.703. The number of nitriles is 1. The zero-order valence-corrected chi connectivity index (χ0v) is 16.6. The third kappa shape index (κ3) is 5.91. The highest BCUT2D eigenvalue weighted by molar-refractivity contribution is 5.98. The van der Waals surface area contributed by atoms with Crippen LogP contribution in [0, 0.1) is 24.2 Å². The monoisotopic (exact) mass is 393 g/mol. The van der Waals surface area contributed by atoms with E-state index in [-0.39, 0.29) is 11.8 Å². The molecule has 0 aromatic heterocycles. The van der Waals surface area contributed by atoms with Gasteiger partial charge in [0.1, 0.15) is 12.1 Å². The van der Waals surface area contributed by atoms with E-state index in [0.29, 0.717) is 16.8 Å². The van der Waals surface area contributed by atoms with Crippen LogP contribution < -0.4 is 10.6 Å². The van der Waals surface area contributed by atoms with E-state index in [1.807, 2.05) is 12.1 Å².